The van der Waals surface area contributed by atoms with Crippen LogP contribution in [-0.4, -0.2) is 26.5 Å². The molecule has 3 atom stereocenters. The number of fused-ring (bicyclic) bond motifs is 4. The lowest BCUT2D eigenvalue weighted by Crippen LogP contribution is -2.35. The van der Waals surface area contributed by atoms with E-state index in [1.807, 2.05) is 37.3 Å². The van der Waals surface area contributed by atoms with Gasteiger partial charge in [0, 0.05) is 41.5 Å². The summed E-state index contributed by atoms with van der Waals surface area (Å²) in [5, 5.41) is 4.83. The number of aliphatic imine (C=N–C) groups is 1. The van der Waals surface area contributed by atoms with E-state index in [9.17, 15) is 17.9 Å². The van der Waals surface area contributed by atoms with Gasteiger partial charge in [-0.1, -0.05) is 43.4 Å². The van der Waals surface area contributed by atoms with E-state index in [4.69, 9.17) is 0 Å². The van der Waals surface area contributed by atoms with Crippen LogP contribution in [0.1, 0.15) is 53.1 Å². The SMILES string of the molecule is C[C@H]1C=CC(CCS(=O)O)=c2ccc3c(c21)C(=O)C=C1C(C2=CN=CC=CN2)=CC[C@H](c2ccc(F)cc2F)C=31. The second-order valence-electron chi connectivity index (χ2n) is 10.2. The Labute approximate surface area is 232 Å². The number of carbonyl (C=O) groups is 1. The molecular formula is C32H26F2N2O3S. The highest BCUT2D eigenvalue weighted by Gasteiger charge is 2.35. The predicted octanol–water partition coefficient (Wildman–Crippen LogP) is 4.82. The van der Waals surface area contributed by atoms with Crippen molar-refractivity contribution in [3.63, 3.8) is 0 Å². The number of ketones is 1. The lowest BCUT2D eigenvalue weighted by atomic mass is 9.71. The summed E-state index contributed by atoms with van der Waals surface area (Å²) in [6, 6.07) is 7.50. The fourth-order valence-corrected chi connectivity index (χ4v) is 6.46. The summed E-state index contributed by atoms with van der Waals surface area (Å²) < 4.78 is 49.8. The van der Waals surface area contributed by atoms with Crippen molar-refractivity contribution >= 4 is 34.2 Å². The Morgan fingerprint density at radius 3 is 2.77 bits per heavy atom. The van der Waals surface area contributed by atoms with Gasteiger partial charge < -0.3 is 9.87 Å². The van der Waals surface area contributed by atoms with E-state index in [-0.39, 0.29) is 17.5 Å². The number of benzene rings is 2. The molecule has 202 valence electrons. The molecule has 0 spiro atoms. The Morgan fingerprint density at radius 1 is 1.15 bits per heavy atom. The highest BCUT2D eigenvalue weighted by Crippen LogP contribution is 2.45. The number of nitrogens with zero attached hydrogens (tertiary/aromatic N) is 1. The van der Waals surface area contributed by atoms with Gasteiger partial charge in [-0.15, -0.1) is 0 Å². The van der Waals surface area contributed by atoms with Gasteiger partial charge in [0.05, 0.1) is 17.6 Å². The van der Waals surface area contributed by atoms with Crippen LogP contribution in [-0.2, 0) is 11.1 Å². The van der Waals surface area contributed by atoms with Gasteiger partial charge in [0.25, 0.3) is 0 Å². The van der Waals surface area contributed by atoms with E-state index in [1.165, 1.54) is 12.1 Å². The first-order valence-corrected chi connectivity index (χ1v) is 14.3. The third-order valence-electron chi connectivity index (χ3n) is 7.82. The first-order chi connectivity index (χ1) is 19.3. The van der Waals surface area contributed by atoms with E-state index >= 15 is 4.39 Å². The van der Waals surface area contributed by atoms with Crippen LogP contribution in [0.4, 0.5) is 8.78 Å². The zero-order valence-electron chi connectivity index (χ0n) is 21.7. The number of carbonyl (C=O) groups excluding carboxylic acids is 1. The molecule has 4 aliphatic rings. The highest BCUT2D eigenvalue weighted by atomic mass is 32.2. The largest absolute Gasteiger partial charge is 0.360 e. The van der Waals surface area contributed by atoms with Crippen LogP contribution < -0.4 is 15.8 Å². The summed E-state index contributed by atoms with van der Waals surface area (Å²) in [5.74, 6) is -1.85. The minimum absolute atomic E-state index is 0.0712. The van der Waals surface area contributed by atoms with Crippen LogP contribution >= 0.6 is 0 Å². The van der Waals surface area contributed by atoms with Crippen LogP contribution in [0, 0.1) is 11.6 Å². The molecule has 0 aromatic heterocycles. The molecule has 0 amide bonds. The number of nitrogens with one attached hydrogen (secondary N) is 1. The molecule has 40 heavy (non-hydrogen) atoms. The van der Waals surface area contributed by atoms with Crippen LogP contribution in [0.25, 0.3) is 11.1 Å². The number of rotatable bonds is 5. The van der Waals surface area contributed by atoms with Gasteiger partial charge >= 0.3 is 0 Å². The first-order valence-electron chi connectivity index (χ1n) is 13.1. The lowest BCUT2D eigenvalue weighted by Gasteiger charge is -2.33. The van der Waals surface area contributed by atoms with Crippen molar-refractivity contribution < 1.29 is 22.3 Å². The van der Waals surface area contributed by atoms with Gasteiger partial charge in [-0.3, -0.25) is 9.79 Å². The maximum Gasteiger partial charge on any atom is 0.187 e. The molecule has 3 aliphatic carbocycles. The summed E-state index contributed by atoms with van der Waals surface area (Å²) in [5.41, 5.74) is 5.67. The molecule has 2 N–H and O–H groups in total. The van der Waals surface area contributed by atoms with E-state index in [0.29, 0.717) is 35.2 Å². The van der Waals surface area contributed by atoms with E-state index < -0.39 is 28.6 Å². The fourth-order valence-electron chi connectivity index (χ4n) is 6.07. The average Bonchev–Trinajstić information content (AvgIpc) is 3.21. The van der Waals surface area contributed by atoms with Crippen molar-refractivity contribution in [1.82, 2.24) is 5.32 Å². The second kappa shape index (κ2) is 10.5. The van der Waals surface area contributed by atoms with E-state index in [0.717, 1.165) is 38.8 Å². The maximum absolute atomic E-state index is 15.2. The highest BCUT2D eigenvalue weighted by molar-refractivity contribution is 7.79. The minimum atomic E-state index is -1.93. The quantitative estimate of drug-likeness (QED) is 0.518. The Kier molecular flexibility index (Phi) is 6.90. The van der Waals surface area contributed by atoms with Crippen molar-refractivity contribution in [2.75, 3.05) is 5.75 Å². The summed E-state index contributed by atoms with van der Waals surface area (Å²) >= 11 is -1.93. The number of hydrogen-bond donors (Lipinski definition) is 2. The predicted molar refractivity (Wildman–Crippen MR) is 153 cm³/mol. The Hall–Kier alpha value is -4.01. The van der Waals surface area contributed by atoms with Gasteiger partial charge in [-0.25, -0.2) is 13.0 Å². The van der Waals surface area contributed by atoms with Gasteiger partial charge in [-0.05, 0) is 69.3 Å². The molecule has 0 bridgehead atoms. The molecule has 0 saturated heterocycles. The summed E-state index contributed by atoms with van der Waals surface area (Å²) in [7, 11) is 0. The monoisotopic (exact) mass is 556 g/mol. The third-order valence-corrected chi connectivity index (χ3v) is 8.37. The van der Waals surface area contributed by atoms with Crippen molar-refractivity contribution in [3.05, 3.63) is 129 Å². The van der Waals surface area contributed by atoms with Gasteiger partial charge in [0.1, 0.15) is 11.6 Å². The zero-order chi connectivity index (χ0) is 28.0. The van der Waals surface area contributed by atoms with Crippen LogP contribution in [0.3, 0.4) is 0 Å². The van der Waals surface area contributed by atoms with Gasteiger partial charge in [-0.2, -0.15) is 0 Å². The second-order valence-corrected chi connectivity index (χ2v) is 11.2. The molecule has 1 aliphatic heterocycles. The summed E-state index contributed by atoms with van der Waals surface area (Å²) in [6.45, 7) is 2.02. The van der Waals surface area contributed by atoms with Crippen molar-refractivity contribution in [2.24, 2.45) is 4.99 Å². The smallest absolute Gasteiger partial charge is 0.187 e. The molecule has 0 radical (unpaired) electrons. The number of halogens is 2. The molecule has 2 aromatic carbocycles. The van der Waals surface area contributed by atoms with E-state index in [2.05, 4.69) is 10.3 Å². The maximum atomic E-state index is 15.2. The Bertz CT molecular complexity index is 1800. The van der Waals surface area contributed by atoms with Crippen molar-refractivity contribution in [2.45, 2.75) is 31.6 Å². The number of allylic oxidation sites excluding steroid dienone is 6. The lowest BCUT2D eigenvalue weighted by molar-refractivity contribution is 0.104. The standard InChI is InChI=1S/C32H26F2N2O3S/c1-18-3-4-19(11-14-40(38)39)21-7-10-25-31-24(22-6-5-20(33)15-27(22)34)9-8-23(28-17-35-12-2-13-36-28)26(31)16-29(37)32(25)30(18)21/h2-8,10,12-13,15-18,24,36H,9,11,14H2,1H3,(H,38,39)/t18-,24+/m0/s1. The van der Waals surface area contributed by atoms with Crippen molar-refractivity contribution in [3.8, 4) is 0 Å². The molecule has 1 unspecified atom stereocenters. The Morgan fingerprint density at radius 2 is 1.98 bits per heavy atom. The molecule has 8 heteroatoms. The molecule has 2 aromatic rings. The third kappa shape index (κ3) is 4.57. The summed E-state index contributed by atoms with van der Waals surface area (Å²) in [6.07, 6.45) is 15.3. The number of hydrogen-bond acceptors (Lipinski definition) is 4. The van der Waals surface area contributed by atoms with Gasteiger partial charge in [0.2, 0.25) is 0 Å². The minimum Gasteiger partial charge on any atom is -0.360 e. The molecule has 6 rings (SSSR count). The molecule has 0 fully saturated rings. The molecule has 5 nitrogen and oxygen atoms in total. The average molecular weight is 557 g/mol. The normalized spacial score (nSPS) is 21.9. The summed E-state index contributed by atoms with van der Waals surface area (Å²) in [4.78, 5) is 18.2. The molecular weight excluding hydrogens is 530 g/mol. The van der Waals surface area contributed by atoms with Crippen LogP contribution in [0.15, 0.2) is 94.9 Å². The van der Waals surface area contributed by atoms with Crippen molar-refractivity contribution in [1.29, 1.82) is 0 Å². The Balaban J connectivity index is 1.64. The fraction of sp³-hybridized carbons (Fsp3) is 0.188. The van der Waals surface area contributed by atoms with Crippen LogP contribution in [0.5, 0.6) is 0 Å². The van der Waals surface area contributed by atoms with Crippen LogP contribution in [0.2, 0.25) is 0 Å². The molecule has 1 heterocycles. The molecule has 0 saturated carbocycles. The van der Waals surface area contributed by atoms with E-state index in [1.54, 1.807) is 30.8 Å². The zero-order valence-corrected chi connectivity index (χ0v) is 22.5. The topological polar surface area (TPSA) is 78.8 Å². The first kappa shape index (κ1) is 26.2. The van der Waals surface area contributed by atoms with Gasteiger partial charge in [0.15, 0.2) is 16.9 Å².